The van der Waals surface area contributed by atoms with Crippen LogP contribution in [0.15, 0.2) is 0 Å². The van der Waals surface area contributed by atoms with Crippen molar-refractivity contribution < 1.29 is 9.22 Å². The second-order valence-corrected chi connectivity index (χ2v) is 13.9. The van der Waals surface area contributed by atoms with Gasteiger partial charge in [0.2, 0.25) is 0 Å². The Balaban J connectivity index is 4.00. The standard InChI is InChI=1S/C9H24O2Si2/c1-6-12(2,3)11-13(4,5)9-7-8-10/h10H,6-9H2,1-5H3. The smallest absolute Gasteiger partial charge is 0.173 e. The lowest BCUT2D eigenvalue weighted by atomic mass is 10.5. The van der Waals surface area contributed by atoms with E-state index in [2.05, 4.69) is 33.1 Å². The Hall–Kier alpha value is 0.354. The van der Waals surface area contributed by atoms with Gasteiger partial charge in [-0.3, -0.25) is 0 Å². The second-order valence-electron chi connectivity index (χ2n) is 4.80. The molecule has 0 unspecified atom stereocenters. The van der Waals surface area contributed by atoms with Crippen LogP contribution in [0.25, 0.3) is 0 Å². The van der Waals surface area contributed by atoms with E-state index in [0.29, 0.717) is 6.61 Å². The third kappa shape index (κ3) is 6.43. The Morgan fingerprint density at radius 2 is 1.62 bits per heavy atom. The zero-order chi connectivity index (χ0) is 10.5. The van der Waals surface area contributed by atoms with Crippen molar-refractivity contribution in [2.24, 2.45) is 0 Å². The Morgan fingerprint density at radius 1 is 1.08 bits per heavy atom. The maximum absolute atomic E-state index is 8.76. The first-order chi connectivity index (χ1) is 5.83. The molecule has 0 aromatic rings. The van der Waals surface area contributed by atoms with Crippen molar-refractivity contribution in [2.45, 2.75) is 51.6 Å². The largest absolute Gasteiger partial charge is 0.456 e. The molecule has 0 rings (SSSR count). The molecule has 0 aliphatic heterocycles. The first-order valence-corrected chi connectivity index (χ1v) is 11.4. The van der Waals surface area contributed by atoms with Crippen molar-refractivity contribution in [1.82, 2.24) is 0 Å². The van der Waals surface area contributed by atoms with E-state index in [0.717, 1.165) is 12.5 Å². The molecule has 0 atom stereocenters. The van der Waals surface area contributed by atoms with Gasteiger partial charge in [-0.2, -0.15) is 0 Å². The fraction of sp³-hybridized carbons (Fsp3) is 1.00. The van der Waals surface area contributed by atoms with E-state index in [4.69, 9.17) is 9.22 Å². The maximum atomic E-state index is 8.76. The van der Waals surface area contributed by atoms with E-state index < -0.39 is 16.6 Å². The summed E-state index contributed by atoms with van der Waals surface area (Å²) in [5, 5.41) is 8.76. The molecule has 0 aromatic carbocycles. The fourth-order valence-corrected chi connectivity index (χ4v) is 9.35. The highest BCUT2D eigenvalue weighted by Gasteiger charge is 2.30. The molecule has 0 spiro atoms. The highest BCUT2D eigenvalue weighted by atomic mass is 28.4. The summed E-state index contributed by atoms with van der Waals surface area (Å²) in [7, 11) is -2.86. The van der Waals surface area contributed by atoms with Gasteiger partial charge in [-0.05, 0) is 44.7 Å². The van der Waals surface area contributed by atoms with Crippen molar-refractivity contribution in [3.05, 3.63) is 0 Å². The summed E-state index contributed by atoms with van der Waals surface area (Å²) in [6.45, 7) is 11.6. The predicted octanol–water partition coefficient (Wildman–Crippen LogP) is 2.82. The zero-order valence-corrected chi connectivity index (χ0v) is 11.7. The summed E-state index contributed by atoms with van der Waals surface area (Å²) in [5.74, 6) is 0. The third-order valence-corrected chi connectivity index (χ3v) is 10.0. The molecule has 0 radical (unpaired) electrons. The van der Waals surface area contributed by atoms with E-state index in [1.165, 1.54) is 6.04 Å². The van der Waals surface area contributed by atoms with E-state index in [-0.39, 0.29) is 0 Å². The average Bonchev–Trinajstić information content (AvgIpc) is 1.99. The molecular weight excluding hydrogens is 196 g/mol. The first-order valence-electron chi connectivity index (χ1n) is 5.14. The van der Waals surface area contributed by atoms with Crippen molar-refractivity contribution >= 4 is 16.6 Å². The maximum Gasteiger partial charge on any atom is 0.173 e. The molecule has 1 N–H and O–H groups in total. The molecule has 0 aromatic heterocycles. The Kier molecular flexibility index (Phi) is 5.43. The molecule has 4 heteroatoms. The molecule has 0 fully saturated rings. The molecule has 80 valence electrons. The van der Waals surface area contributed by atoms with Gasteiger partial charge in [-0.1, -0.05) is 6.92 Å². The highest BCUT2D eigenvalue weighted by Crippen LogP contribution is 2.21. The minimum absolute atomic E-state index is 0.300. The van der Waals surface area contributed by atoms with Crippen LogP contribution in [0, 0.1) is 0 Å². The van der Waals surface area contributed by atoms with E-state index in [1.54, 1.807) is 0 Å². The van der Waals surface area contributed by atoms with E-state index in [1.807, 2.05) is 0 Å². The Bertz CT molecular complexity index is 147. The van der Waals surface area contributed by atoms with Crippen LogP contribution in [0.3, 0.4) is 0 Å². The average molecular weight is 220 g/mol. The number of hydrogen-bond acceptors (Lipinski definition) is 2. The first kappa shape index (κ1) is 13.4. The van der Waals surface area contributed by atoms with Gasteiger partial charge >= 0.3 is 0 Å². The van der Waals surface area contributed by atoms with Crippen LogP contribution in [-0.2, 0) is 4.12 Å². The van der Waals surface area contributed by atoms with Crippen molar-refractivity contribution in [3.8, 4) is 0 Å². The summed E-state index contributed by atoms with van der Waals surface area (Å²) in [6, 6.07) is 2.27. The molecule has 0 saturated heterocycles. The molecule has 13 heavy (non-hydrogen) atoms. The fourth-order valence-electron chi connectivity index (χ4n) is 1.38. The number of hydrogen-bond donors (Lipinski definition) is 1. The van der Waals surface area contributed by atoms with Gasteiger partial charge in [0, 0.05) is 6.61 Å². The topological polar surface area (TPSA) is 29.5 Å². The van der Waals surface area contributed by atoms with Gasteiger partial charge < -0.3 is 9.22 Å². The quantitative estimate of drug-likeness (QED) is 0.698. The lowest BCUT2D eigenvalue weighted by Crippen LogP contribution is -2.43. The Labute approximate surface area is 84.6 Å². The molecule has 0 amide bonds. The van der Waals surface area contributed by atoms with Gasteiger partial charge in [-0.25, -0.2) is 0 Å². The number of aliphatic hydroxyl groups is 1. The molecule has 2 nitrogen and oxygen atoms in total. The van der Waals surface area contributed by atoms with Gasteiger partial charge in [0.05, 0.1) is 0 Å². The lowest BCUT2D eigenvalue weighted by molar-refractivity contribution is 0.292. The van der Waals surface area contributed by atoms with Crippen molar-refractivity contribution in [2.75, 3.05) is 6.61 Å². The molecule has 0 saturated carbocycles. The highest BCUT2D eigenvalue weighted by molar-refractivity contribution is 6.84. The summed E-state index contributed by atoms with van der Waals surface area (Å²) >= 11 is 0. The van der Waals surface area contributed by atoms with Gasteiger partial charge in [-0.15, -0.1) is 0 Å². The molecule has 0 aliphatic carbocycles. The van der Waals surface area contributed by atoms with Crippen LogP contribution in [0.4, 0.5) is 0 Å². The third-order valence-electron chi connectivity index (χ3n) is 2.34. The van der Waals surface area contributed by atoms with E-state index >= 15 is 0 Å². The predicted molar refractivity (Wildman–Crippen MR) is 63.0 cm³/mol. The van der Waals surface area contributed by atoms with E-state index in [9.17, 15) is 0 Å². The van der Waals surface area contributed by atoms with Crippen LogP contribution in [0.1, 0.15) is 13.3 Å². The zero-order valence-electron chi connectivity index (χ0n) is 9.68. The van der Waals surface area contributed by atoms with Gasteiger partial charge in [0.1, 0.15) is 0 Å². The van der Waals surface area contributed by atoms with Crippen LogP contribution >= 0.6 is 0 Å². The lowest BCUT2D eigenvalue weighted by Gasteiger charge is -2.33. The van der Waals surface area contributed by atoms with Crippen molar-refractivity contribution in [1.29, 1.82) is 0 Å². The summed E-state index contributed by atoms with van der Waals surface area (Å²) in [6.07, 6.45) is 0.896. The summed E-state index contributed by atoms with van der Waals surface area (Å²) < 4.78 is 6.24. The minimum atomic E-state index is -1.48. The number of rotatable bonds is 6. The number of aliphatic hydroxyl groups excluding tert-OH is 1. The van der Waals surface area contributed by atoms with Gasteiger partial charge in [0.25, 0.3) is 0 Å². The Morgan fingerprint density at radius 3 is 2.00 bits per heavy atom. The molecule has 0 heterocycles. The van der Waals surface area contributed by atoms with Crippen LogP contribution < -0.4 is 0 Å². The van der Waals surface area contributed by atoms with Crippen LogP contribution in [0.2, 0.25) is 38.3 Å². The van der Waals surface area contributed by atoms with Crippen molar-refractivity contribution in [3.63, 3.8) is 0 Å². The summed E-state index contributed by atoms with van der Waals surface area (Å²) in [5.41, 5.74) is 0. The second kappa shape index (κ2) is 5.29. The minimum Gasteiger partial charge on any atom is -0.456 e. The normalized spacial score (nSPS) is 13.4. The summed E-state index contributed by atoms with van der Waals surface area (Å²) in [4.78, 5) is 0. The van der Waals surface area contributed by atoms with Gasteiger partial charge in [0.15, 0.2) is 16.6 Å². The monoisotopic (exact) mass is 220 g/mol. The molecule has 0 aliphatic rings. The van der Waals surface area contributed by atoms with Crippen LogP contribution in [-0.4, -0.2) is 28.3 Å². The molecule has 0 bridgehead atoms. The van der Waals surface area contributed by atoms with Crippen LogP contribution in [0.5, 0.6) is 0 Å². The molecular formula is C9H24O2Si2. The SMILES string of the molecule is CC[Si](C)(C)O[Si](C)(C)CCCO.